The molecule has 0 spiro atoms. The van der Waals surface area contributed by atoms with Crippen LogP contribution in [0.3, 0.4) is 0 Å². The topological polar surface area (TPSA) is 72.8 Å². The molecule has 154 valence electrons. The van der Waals surface area contributed by atoms with Crippen LogP contribution in [0.1, 0.15) is 77.0 Å². The number of hydrogen-bond acceptors (Lipinski definition) is 4. The van der Waals surface area contributed by atoms with Gasteiger partial charge in [-0.05, 0) is 82.5 Å². The summed E-state index contributed by atoms with van der Waals surface area (Å²) in [6.07, 6.45) is 14.4. The van der Waals surface area contributed by atoms with E-state index < -0.39 is 5.97 Å². The van der Waals surface area contributed by atoms with Gasteiger partial charge in [-0.25, -0.2) is 4.79 Å². The van der Waals surface area contributed by atoms with Crippen molar-refractivity contribution >= 4 is 11.9 Å². The minimum Gasteiger partial charge on any atom is -0.481 e. The van der Waals surface area contributed by atoms with E-state index in [1.165, 1.54) is 18.9 Å². The Morgan fingerprint density at radius 3 is 1.96 bits per heavy atom. The molecule has 0 saturated heterocycles. The summed E-state index contributed by atoms with van der Waals surface area (Å²) in [6.45, 7) is 4.67. The van der Waals surface area contributed by atoms with Gasteiger partial charge < -0.3 is 14.6 Å². The molecule has 0 radical (unpaired) electrons. The molecule has 0 aromatic heterocycles. The van der Waals surface area contributed by atoms with Crippen molar-refractivity contribution in [1.82, 2.24) is 0 Å². The molecule has 0 aliphatic heterocycles. The van der Waals surface area contributed by atoms with Crippen molar-refractivity contribution in [2.24, 2.45) is 17.8 Å². The maximum atomic E-state index is 11.1. The fourth-order valence-corrected chi connectivity index (χ4v) is 4.60. The first-order chi connectivity index (χ1) is 13.1. The van der Waals surface area contributed by atoms with E-state index in [-0.39, 0.29) is 11.9 Å². The van der Waals surface area contributed by atoms with Crippen LogP contribution in [0.2, 0.25) is 0 Å². The fourth-order valence-electron chi connectivity index (χ4n) is 4.60. The van der Waals surface area contributed by atoms with Crippen LogP contribution in [-0.4, -0.2) is 36.4 Å². The molecule has 0 atom stereocenters. The Labute approximate surface area is 163 Å². The number of carboxylic acids is 1. The highest BCUT2D eigenvalue weighted by Gasteiger charge is 2.32. The minimum absolute atomic E-state index is 0.102. The van der Waals surface area contributed by atoms with Crippen molar-refractivity contribution < 1.29 is 24.2 Å². The molecular formula is C22H36O5. The molecule has 0 bridgehead atoms. The average Bonchev–Trinajstić information content (AvgIpc) is 2.70. The SMILES string of the molecule is C=CC(=O)OCCCCCCOC1CCC(C2CCC(C(=O)O)CC2)CC1. The molecule has 0 heterocycles. The van der Waals surface area contributed by atoms with Gasteiger partial charge in [0.1, 0.15) is 0 Å². The molecule has 0 amide bonds. The smallest absolute Gasteiger partial charge is 0.330 e. The van der Waals surface area contributed by atoms with Gasteiger partial charge in [-0.1, -0.05) is 13.0 Å². The number of aliphatic carboxylic acids is 1. The third-order valence-corrected chi connectivity index (χ3v) is 6.31. The van der Waals surface area contributed by atoms with Crippen LogP contribution in [-0.2, 0) is 19.1 Å². The highest BCUT2D eigenvalue weighted by Crippen LogP contribution is 2.40. The largest absolute Gasteiger partial charge is 0.481 e. The van der Waals surface area contributed by atoms with Gasteiger partial charge in [-0.2, -0.15) is 0 Å². The van der Waals surface area contributed by atoms with Gasteiger partial charge in [0.15, 0.2) is 0 Å². The molecule has 2 aliphatic carbocycles. The van der Waals surface area contributed by atoms with Gasteiger partial charge in [0, 0.05) is 12.7 Å². The molecule has 2 aliphatic rings. The Morgan fingerprint density at radius 1 is 0.852 bits per heavy atom. The minimum atomic E-state index is -0.608. The summed E-state index contributed by atoms with van der Waals surface area (Å²) in [6, 6.07) is 0. The van der Waals surface area contributed by atoms with Crippen LogP contribution >= 0.6 is 0 Å². The first kappa shape index (κ1) is 21.9. The lowest BCUT2D eigenvalue weighted by atomic mass is 9.70. The lowest BCUT2D eigenvalue weighted by Crippen LogP contribution is -2.30. The molecule has 0 aromatic rings. The zero-order valence-corrected chi connectivity index (χ0v) is 16.6. The van der Waals surface area contributed by atoms with E-state index in [0.717, 1.165) is 82.7 Å². The molecule has 2 rings (SSSR count). The van der Waals surface area contributed by atoms with E-state index in [0.29, 0.717) is 12.7 Å². The van der Waals surface area contributed by atoms with Crippen molar-refractivity contribution in [2.75, 3.05) is 13.2 Å². The first-order valence-corrected chi connectivity index (χ1v) is 10.7. The third kappa shape index (κ3) is 8.04. The lowest BCUT2D eigenvalue weighted by Gasteiger charge is -2.37. The van der Waals surface area contributed by atoms with Crippen molar-refractivity contribution in [2.45, 2.75) is 83.2 Å². The van der Waals surface area contributed by atoms with Crippen molar-refractivity contribution in [3.8, 4) is 0 Å². The molecular weight excluding hydrogens is 344 g/mol. The molecule has 5 heteroatoms. The van der Waals surface area contributed by atoms with Gasteiger partial charge in [0.25, 0.3) is 0 Å². The molecule has 1 N–H and O–H groups in total. The van der Waals surface area contributed by atoms with E-state index >= 15 is 0 Å². The van der Waals surface area contributed by atoms with Crippen LogP contribution in [0.25, 0.3) is 0 Å². The summed E-state index contributed by atoms with van der Waals surface area (Å²) < 4.78 is 11.0. The van der Waals surface area contributed by atoms with E-state index in [9.17, 15) is 9.59 Å². The Morgan fingerprint density at radius 2 is 1.41 bits per heavy atom. The summed E-state index contributed by atoms with van der Waals surface area (Å²) in [5, 5.41) is 9.13. The Kier molecular flexibility index (Phi) is 9.89. The van der Waals surface area contributed by atoms with Gasteiger partial charge in [0.2, 0.25) is 0 Å². The van der Waals surface area contributed by atoms with Crippen LogP contribution in [0.5, 0.6) is 0 Å². The maximum Gasteiger partial charge on any atom is 0.330 e. The summed E-state index contributed by atoms with van der Waals surface area (Å²) in [7, 11) is 0. The first-order valence-electron chi connectivity index (χ1n) is 10.7. The monoisotopic (exact) mass is 380 g/mol. The quantitative estimate of drug-likeness (QED) is 0.318. The van der Waals surface area contributed by atoms with Gasteiger partial charge in [-0.15, -0.1) is 0 Å². The second-order valence-electron chi connectivity index (χ2n) is 8.14. The van der Waals surface area contributed by atoms with Gasteiger partial charge in [0.05, 0.1) is 18.6 Å². The highest BCUT2D eigenvalue weighted by molar-refractivity contribution is 5.81. The maximum absolute atomic E-state index is 11.1. The Bertz CT molecular complexity index is 459. The predicted molar refractivity (Wildman–Crippen MR) is 104 cm³/mol. The molecule has 27 heavy (non-hydrogen) atoms. The molecule has 2 fully saturated rings. The van der Waals surface area contributed by atoms with E-state index in [4.69, 9.17) is 14.6 Å². The Hall–Kier alpha value is -1.36. The van der Waals surface area contributed by atoms with Crippen LogP contribution < -0.4 is 0 Å². The number of carboxylic acid groups (broad SMARTS) is 1. The summed E-state index contributed by atoms with van der Waals surface area (Å²) in [5.41, 5.74) is 0. The van der Waals surface area contributed by atoms with Crippen LogP contribution in [0.15, 0.2) is 12.7 Å². The summed E-state index contributed by atoms with van der Waals surface area (Å²) in [4.78, 5) is 22.0. The highest BCUT2D eigenvalue weighted by atomic mass is 16.5. The number of hydrogen-bond donors (Lipinski definition) is 1. The zero-order chi connectivity index (χ0) is 19.5. The van der Waals surface area contributed by atoms with Crippen molar-refractivity contribution in [3.05, 3.63) is 12.7 Å². The van der Waals surface area contributed by atoms with Gasteiger partial charge in [-0.3, -0.25) is 4.79 Å². The Balaban J connectivity index is 1.46. The van der Waals surface area contributed by atoms with E-state index in [1.54, 1.807) is 0 Å². The number of unbranched alkanes of at least 4 members (excludes halogenated alkanes) is 3. The molecule has 0 unspecified atom stereocenters. The number of carbonyl (C=O) groups excluding carboxylic acids is 1. The summed E-state index contributed by atoms with van der Waals surface area (Å²) in [5.74, 6) is 0.455. The van der Waals surface area contributed by atoms with E-state index in [1.807, 2.05) is 0 Å². The number of ether oxygens (including phenoxy) is 2. The molecule has 5 nitrogen and oxygen atoms in total. The number of esters is 1. The van der Waals surface area contributed by atoms with E-state index in [2.05, 4.69) is 6.58 Å². The lowest BCUT2D eigenvalue weighted by molar-refractivity contribution is -0.143. The second kappa shape index (κ2) is 12.2. The molecule has 2 saturated carbocycles. The third-order valence-electron chi connectivity index (χ3n) is 6.31. The fraction of sp³-hybridized carbons (Fsp3) is 0.818. The standard InChI is InChI=1S/C22H36O5/c1-2-21(23)27-16-6-4-3-5-15-26-20-13-11-18(12-14-20)17-7-9-19(10-8-17)22(24)25/h2,17-20H,1,3-16H2,(H,24,25). The number of carbonyl (C=O) groups is 2. The average molecular weight is 381 g/mol. The van der Waals surface area contributed by atoms with Crippen molar-refractivity contribution in [1.29, 1.82) is 0 Å². The summed E-state index contributed by atoms with van der Waals surface area (Å²) >= 11 is 0. The predicted octanol–water partition coefficient (Wildman–Crippen LogP) is 4.74. The van der Waals surface area contributed by atoms with Crippen LogP contribution in [0, 0.1) is 17.8 Å². The second-order valence-corrected chi connectivity index (χ2v) is 8.14. The van der Waals surface area contributed by atoms with Crippen molar-refractivity contribution in [3.63, 3.8) is 0 Å². The number of rotatable bonds is 11. The van der Waals surface area contributed by atoms with Crippen LogP contribution in [0.4, 0.5) is 0 Å². The zero-order valence-electron chi connectivity index (χ0n) is 16.6. The molecule has 0 aromatic carbocycles. The normalized spacial score (nSPS) is 28.4. The van der Waals surface area contributed by atoms with Gasteiger partial charge >= 0.3 is 11.9 Å².